The van der Waals surface area contributed by atoms with Gasteiger partial charge in [-0.3, -0.25) is 9.69 Å². The largest absolute Gasteiger partial charge is 0.368 e. The van der Waals surface area contributed by atoms with Crippen LogP contribution in [0.1, 0.15) is 31.7 Å². The summed E-state index contributed by atoms with van der Waals surface area (Å²) in [6.45, 7) is 7.11. The summed E-state index contributed by atoms with van der Waals surface area (Å²) in [7, 11) is 0. The summed E-state index contributed by atoms with van der Waals surface area (Å²) in [5, 5.41) is 2.87. The quantitative estimate of drug-likeness (QED) is 0.753. The topological polar surface area (TPSA) is 48.5 Å². The molecule has 0 saturated carbocycles. The number of anilines is 2. The zero-order valence-electron chi connectivity index (χ0n) is 16.7. The van der Waals surface area contributed by atoms with Crippen molar-refractivity contribution in [3.63, 3.8) is 0 Å². The van der Waals surface area contributed by atoms with E-state index in [4.69, 9.17) is 0 Å². The predicted octanol–water partition coefficient (Wildman–Crippen LogP) is 4.05. The van der Waals surface area contributed by atoms with Crippen LogP contribution in [-0.2, 0) is 4.79 Å². The monoisotopic (exact) mass is 378 g/mol. The summed E-state index contributed by atoms with van der Waals surface area (Å²) >= 11 is 0. The number of hydrogen-bond donors (Lipinski definition) is 1. The second-order valence-corrected chi connectivity index (χ2v) is 7.15. The summed E-state index contributed by atoms with van der Waals surface area (Å²) in [5.41, 5.74) is 2.36. The van der Waals surface area contributed by atoms with E-state index in [1.807, 2.05) is 24.4 Å². The Morgan fingerprint density at radius 1 is 1.11 bits per heavy atom. The molecule has 1 aromatic carbocycles. The van der Waals surface area contributed by atoms with Crippen molar-refractivity contribution < 1.29 is 4.79 Å². The van der Waals surface area contributed by atoms with E-state index < -0.39 is 0 Å². The van der Waals surface area contributed by atoms with Gasteiger partial charge in [-0.25, -0.2) is 4.98 Å². The molecule has 1 amide bonds. The van der Waals surface area contributed by atoms with Crippen LogP contribution < -0.4 is 10.2 Å². The number of aromatic nitrogens is 1. The van der Waals surface area contributed by atoms with Crippen molar-refractivity contribution in [1.29, 1.82) is 0 Å². The Morgan fingerprint density at radius 2 is 1.89 bits per heavy atom. The van der Waals surface area contributed by atoms with Crippen LogP contribution in [0.2, 0.25) is 0 Å². The summed E-state index contributed by atoms with van der Waals surface area (Å²) in [4.78, 5) is 21.0. The summed E-state index contributed by atoms with van der Waals surface area (Å²) < 4.78 is 0. The molecule has 5 heteroatoms. The number of pyridine rings is 1. The van der Waals surface area contributed by atoms with Gasteiger partial charge in [-0.2, -0.15) is 0 Å². The van der Waals surface area contributed by atoms with Crippen molar-refractivity contribution in [2.24, 2.45) is 0 Å². The molecule has 1 saturated heterocycles. The van der Waals surface area contributed by atoms with E-state index in [0.717, 1.165) is 51.3 Å². The van der Waals surface area contributed by atoms with E-state index in [1.54, 1.807) is 0 Å². The standard InChI is InChI=1S/C23H30N4O/c1-2-3-11-23(28)25-22-13-12-21(19-24-22)27-17-15-26(16-18-27)14-7-10-20-8-5-4-6-9-20/h4-10,12-13,19H,2-3,11,14-18H2,1H3,(H,24,25,28)/b10-7+. The minimum Gasteiger partial charge on any atom is -0.368 e. The molecule has 0 unspecified atom stereocenters. The molecule has 0 aliphatic carbocycles. The molecule has 5 nitrogen and oxygen atoms in total. The number of unbranched alkanes of at least 4 members (excludes halogenated alkanes) is 1. The lowest BCUT2D eigenvalue weighted by Crippen LogP contribution is -2.46. The molecule has 0 bridgehead atoms. The highest BCUT2D eigenvalue weighted by atomic mass is 16.1. The van der Waals surface area contributed by atoms with Crippen molar-refractivity contribution in [1.82, 2.24) is 9.88 Å². The average Bonchev–Trinajstić information content (AvgIpc) is 2.74. The molecule has 1 N–H and O–H groups in total. The minimum absolute atomic E-state index is 0.0410. The fourth-order valence-corrected chi connectivity index (χ4v) is 3.28. The van der Waals surface area contributed by atoms with Gasteiger partial charge in [0.25, 0.3) is 0 Å². The fraction of sp³-hybridized carbons (Fsp3) is 0.391. The number of hydrogen-bond acceptors (Lipinski definition) is 4. The third kappa shape index (κ3) is 6.20. The predicted molar refractivity (Wildman–Crippen MR) is 117 cm³/mol. The maximum absolute atomic E-state index is 11.8. The van der Waals surface area contributed by atoms with Crippen LogP contribution in [0.3, 0.4) is 0 Å². The molecule has 0 atom stereocenters. The van der Waals surface area contributed by atoms with E-state index in [9.17, 15) is 4.79 Å². The maximum atomic E-state index is 11.8. The molecule has 1 aliphatic rings. The van der Waals surface area contributed by atoms with Crippen LogP contribution in [0, 0.1) is 0 Å². The van der Waals surface area contributed by atoms with E-state index >= 15 is 0 Å². The van der Waals surface area contributed by atoms with Crippen molar-refractivity contribution in [3.8, 4) is 0 Å². The molecule has 2 aromatic rings. The Morgan fingerprint density at radius 3 is 2.57 bits per heavy atom. The second-order valence-electron chi connectivity index (χ2n) is 7.15. The highest BCUT2D eigenvalue weighted by Gasteiger charge is 2.16. The van der Waals surface area contributed by atoms with Crippen LogP contribution in [0.4, 0.5) is 11.5 Å². The Bertz CT molecular complexity index is 750. The first-order valence-electron chi connectivity index (χ1n) is 10.2. The number of carbonyl (C=O) groups excluding carboxylic acids is 1. The van der Waals surface area contributed by atoms with Crippen LogP contribution in [0.25, 0.3) is 6.08 Å². The molecule has 148 valence electrons. The van der Waals surface area contributed by atoms with Crippen molar-refractivity contribution in [2.45, 2.75) is 26.2 Å². The number of benzene rings is 1. The lowest BCUT2D eigenvalue weighted by Gasteiger charge is -2.35. The number of rotatable bonds is 8. The first-order valence-corrected chi connectivity index (χ1v) is 10.2. The first kappa shape index (κ1) is 20.1. The summed E-state index contributed by atoms with van der Waals surface area (Å²) in [6, 6.07) is 14.4. The van der Waals surface area contributed by atoms with Gasteiger partial charge in [0, 0.05) is 39.1 Å². The zero-order valence-corrected chi connectivity index (χ0v) is 16.7. The highest BCUT2D eigenvalue weighted by Crippen LogP contribution is 2.17. The first-order chi connectivity index (χ1) is 13.7. The van der Waals surface area contributed by atoms with Gasteiger partial charge in [-0.05, 0) is 24.1 Å². The van der Waals surface area contributed by atoms with Gasteiger partial charge in [0.15, 0.2) is 0 Å². The Kier molecular flexibility index (Phi) is 7.62. The highest BCUT2D eigenvalue weighted by molar-refractivity contribution is 5.89. The molecule has 1 fully saturated rings. The number of amides is 1. The lowest BCUT2D eigenvalue weighted by atomic mass is 10.2. The molecule has 2 heterocycles. The van der Waals surface area contributed by atoms with Crippen molar-refractivity contribution >= 4 is 23.5 Å². The van der Waals surface area contributed by atoms with Crippen LogP contribution in [0.15, 0.2) is 54.7 Å². The third-order valence-corrected chi connectivity index (χ3v) is 4.98. The number of carbonyl (C=O) groups is 1. The maximum Gasteiger partial charge on any atom is 0.225 e. The van der Waals surface area contributed by atoms with Gasteiger partial charge in [-0.15, -0.1) is 0 Å². The molecule has 0 radical (unpaired) electrons. The number of piperazine rings is 1. The van der Waals surface area contributed by atoms with E-state index in [2.05, 4.69) is 63.4 Å². The molecular weight excluding hydrogens is 348 g/mol. The van der Waals surface area contributed by atoms with Crippen LogP contribution >= 0.6 is 0 Å². The Hall–Kier alpha value is -2.66. The van der Waals surface area contributed by atoms with Gasteiger partial charge in [0.2, 0.25) is 5.91 Å². The van der Waals surface area contributed by atoms with E-state index in [0.29, 0.717) is 12.2 Å². The van der Waals surface area contributed by atoms with Gasteiger partial charge in [-0.1, -0.05) is 55.8 Å². The molecule has 28 heavy (non-hydrogen) atoms. The normalized spacial score (nSPS) is 15.1. The van der Waals surface area contributed by atoms with Gasteiger partial charge in [0.05, 0.1) is 11.9 Å². The fourth-order valence-electron chi connectivity index (χ4n) is 3.28. The van der Waals surface area contributed by atoms with Gasteiger partial charge in [0.1, 0.15) is 5.82 Å². The number of nitrogens with one attached hydrogen (secondary N) is 1. The molecular formula is C23H30N4O. The Balaban J connectivity index is 1.43. The average molecular weight is 379 g/mol. The molecule has 1 aromatic heterocycles. The smallest absolute Gasteiger partial charge is 0.225 e. The molecule has 3 rings (SSSR count). The molecule has 0 spiro atoms. The summed E-state index contributed by atoms with van der Waals surface area (Å²) in [6.07, 6.45) is 8.77. The lowest BCUT2D eigenvalue weighted by molar-refractivity contribution is -0.116. The summed E-state index contributed by atoms with van der Waals surface area (Å²) in [5.74, 6) is 0.675. The van der Waals surface area contributed by atoms with Crippen molar-refractivity contribution in [3.05, 3.63) is 60.3 Å². The van der Waals surface area contributed by atoms with Gasteiger partial charge >= 0.3 is 0 Å². The number of nitrogens with zero attached hydrogens (tertiary/aromatic N) is 3. The van der Waals surface area contributed by atoms with E-state index in [1.165, 1.54) is 5.56 Å². The van der Waals surface area contributed by atoms with Crippen LogP contribution in [0.5, 0.6) is 0 Å². The SMILES string of the molecule is CCCCC(=O)Nc1ccc(N2CCN(C/C=C/c3ccccc3)CC2)cn1. The Labute approximate surface area is 168 Å². The third-order valence-electron chi connectivity index (χ3n) is 4.98. The van der Waals surface area contributed by atoms with E-state index in [-0.39, 0.29) is 5.91 Å². The van der Waals surface area contributed by atoms with Crippen LogP contribution in [-0.4, -0.2) is 48.5 Å². The van der Waals surface area contributed by atoms with Gasteiger partial charge < -0.3 is 10.2 Å². The second kappa shape index (κ2) is 10.6. The minimum atomic E-state index is 0.0410. The molecule has 1 aliphatic heterocycles. The van der Waals surface area contributed by atoms with Crippen molar-refractivity contribution in [2.75, 3.05) is 42.9 Å². The zero-order chi connectivity index (χ0) is 19.6.